The van der Waals surface area contributed by atoms with Gasteiger partial charge in [0.1, 0.15) is 12.6 Å². The molecule has 2 amide bonds. The standard InChI is InChI=1S/C23H32N2O7Si/c1-13(33)23(2,3)32-12-16(26)9-15-11-25(22(28)29)20-19(15)24(21(20)27)10-14-6-7-17(30-4)18(8-14)31-5/h6-9,13,19-20H,10-12H2,1-5,33H3,(H,28,29)/t13?,19-,20+/m1/s1. The van der Waals surface area contributed by atoms with Gasteiger partial charge in [-0.25, -0.2) is 4.79 Å². The molecule has 3 rings (SSSR count). The molecule has 2 heterocycles. The third kappa shape index (κ3) is 4.91. The lowest BCUT2D eigenvalue weighted by Crippen LogP contribution is -2.66. The summed E-state index contributed by atoms with van der Waals surface area (Å²) in [6, 6.07) is 4.08. The zero-order valence-corrected chi connectivity index (χ0v) is 22.0. The topological polar surface area (TPSA) is 106 Å². The molecule has 2 aliphatic heterocycles. The molecule has 33 heavy (non-hydrogen) atoms. The minimum Gasteiger partial charge on any atom is -0.493 e. The lowest BCUT2D eigenvalue weighted by Gasteiger charge is -2.45. The van der Waals surface area contributed by atoms with Crippen molar-refractivity contribution in [3.63, 3.8) is 0 Å². The highest BCUT2D eigenvalue weighted by Gasteiger charge is 2.58. The normalized spacial score (nSPS) is 22.2. The van der Waals surface area contributed by atoms with Crippen LogP contribution in [-0.2, 0) is 20.9 Å². The average molecular weight is 477 g/mol. The zero-order valence-electron chi connectivity index (χ0n) is 20.0. The largest absolute Gasteiger partial charge is 0.493 e. The van der Waals surface area contributed by atoms with Crippen LogP contribution in [0.3, 0.4) is 0 Å². The first-order valence-electron chi connectivity index (χ1n) is 10.9. The smallest absolute Gasteiger partial charge is 0.408 e. The molecular weight excluding hydrogens is 444 g/mol. The fraction of sp³-hybridized carbons (Fsp3) is 0.522. The molecule has 1 unspecified atom stereocenters. The number of carboxylic acid groups (broad SMARTS) is 1. The van der Waals surface area contributed by atoms with Crippen LogP contribution >= 0.6 is 0 Å². The number of hydrogen-bond donors (Lipinski definition) is 1. The van der Waals surface area contributed by atoms with E-state index in [4.69, 9.17) is 14.2 Å². The summed E-state index contributed by atoms with van der Waals surface area (Å²) in [5.41, 5.74) is 1.37. The van der Waals surface area contributed by atoms with E-state index in [-0.39, 0.29) is 31.4 Å². The predicted molar refractivity (Wildman–Crippen MR) is 125 cm³/mol. The molecule has 2 aliphatic rings. The number of ketones is 1. The average Bonchev–Trinajstić information content (AvgIpc) is 3.11. The minimum atomic E-state index is -1.18. The third-order valence-corrected chi connectivity index (χ3v) is 8.00. The van der Waals surface area contributed by atoms with Crippen LogP contribution in [0.5, 0.6) is 11.5 Å². The van der Waals surface area contributed by atoms with Crippen molar-refractivity contribution in [2.75, 3.05) is 27.4 Å². The number of fused-ring (bicyclic) bond motifs is 1. The van der Waals surface area contributed by atoms with Crippen LogP contribution in [0.4, 0.5) is 4.79 Å². The lowest BCUT2D eigenvalue weighted by molar-refractivity contribution is -0.152. The Kier molecular flexibility index (Phi) is 7.18. The van der Waals surface area contributed by atoms with E-state index in [1.54, 1.807) is 24.1 Å². The first-order chi connectivity index (χ1) is 15.5. The van der Waals surface area contributed by atoms with Crippen LogP contribution in [-0.4, -0.2) is 88.0 Å². The fourth-order valence-corrected chi connectivity index (χ4v) is 4.13. The van der Waals surface area contributed by atoms with Gasteiger partial charge in [0.25, 0.3) is 0 Å². The van der Waals surface area contributed by atoms with E-state index in [1.807, 2.05) is 19.9 Å². The Hall–Kier alpha value is -2.85. The van der Waals surface area contributed by atoms with E-state index in [1.165, 1.54) is 13.2 Å². The second-order valence-electron chi connectivity index (χ2n) is 9.19. The monoisotopic (exact) mass is 476 g/mol. The molecule has 1 N–H and O–H groups in total. The van der Waals surface area contributed by atoms with E-state index in [9.17, 15) is 19.5 Å². The number of benzene rings is 1. The van der Waals surface area contributed by atoms with Crippen molar-refractivity contribution >= 4 is 28.0 Å². The number of methoxy groups -OCH3 is 2. The number of nitrogens with zero attached hydrogens (tertiary/aromatic N) is 2. The van der Waals surface area contributed by atoms with E-state index in [0.29, 0.717) is 22.6 Å². The van der Waals surface area contributed by atoms with Gasteiger partial charge in [-0.1, -0.05) is 13.0 Å². The number of carbonyl (C=O) groups is 3. The van der Waals surface area contributed by atoms with Crippen LogP contribution in [0, 0.1) is 0 Å². The molecule has 0 radical (unpaired) electrons. The molecule has 1 aromatic carbocycles. The maximum absolute atomic E-state index is 12.8. The van der Waals surface area contributed by atoms with Crippen molar-refractivity contribution in [2.24, 2.45) is 0 Å². The Bertz CT molecular complexity index is 976. The Labute approximate surface area is 196 Å². The predicted octanol–water partition coefficient (Wildman–Crippen LogP) is 1.24. The van der Waals surface area contributed by atoms with E-state index < -0.39 is 23.8 Å². The van der Waals surface area contributed by atoms with Gasteiger partial charge in [-0.2, -0.15) is 0 Å². The Morgan fingerprint density at radius 2 is 1.91 bits per heavy atom. The highest BCUT2D eigenvalue weighted by Crippen LogP contribution is 2.39. The Balaban J connectivity index is 1.80. The second-order valence-corrected chi connectivity index (χ2v) is 10.9. The van der Waals surface area contributed by atoms with Gasteiger partial charge in [0.15, 0.2) is 17.3 Å². The van der Waals surface area contributed by atoms with Crippen molar-refractivity contribution in [1.82, 2.24) is 9.80 Å². The van der Waals surface area contributed by atoms with E-state index in [2.05, 4.69) is 6.92 Å². The maximum Gasteiger partial charge on any atom is 0.408 e. The van der Waals surface area contributed by atoms with Gasteiger partial charge in [-0.3, -0.25) is 14.5 Å². The molecule has 10 heteroatoms. The molecule has 9 nitrogen and oxygen atoms in total. The molecule has 0 saturated carbocycles. The summed E-state index contributed by atoms with van der Waals surface area (Å²) in [6.07, 6.45) is 0.268. The molecule has 1 aromatic rings. The molecule has 0 aliphatic carbocycles. The molecule has 3 atom stereocenters. The van der Waals surface area contributed by atoms with Crippen LogP contribution in [0.25, 0.3) is 0 Å². The summed E-state index contributed by atoms with van der Waals surface area (Å²) in [6.45, 7) is 6.19. The lowest BCUT2D eigenvalue weighted by atomic mass is 9.91. The van der Waals surface area contributed by atoms with Crippen molar-refractivity contribution in [3.05, 3.63) is 35.4 Å². The number of ether oxygens (including phenoxy) is 3. The van der Waals surface area contributed by atoms with Crippen LogP contribution in [0.15, 0.2) is 29.8 Å². The van der Waals surface area contributed by atoms with Crippen molar-refractivity contribution in [2.45, 2.75) is 50.5 Å². The summed E-state index contributed by atoms with van der Waals surface area (Å²) in [5.74, 6) is 0.592. The summed E-state index contributed by atoms with van der Waals surface area (Å²) in [7, 11) is 4.02. The second kappa shape index (κ2) is 9.56. The van der Waals surface area contributed by atoms with Crippen molar-refractivity contribution in [1.29, 1.82) is 0 Å². The van der Waals surface area contributed by atoms with E-state index in [0.717, 1.165) is 20.7 Å². The molecule has 180 valence electrons. The molecule has 2 fully saturated rings. The minimum absolute atomic E-state index is 0.0189. The number of carbonyl (C=O) groups excluding carboxylic acids is 2. The highest BCUT2D eigenvalue weighted by atomic mass is 28.1. The van der Waals surface area contributed by atoms with Gasteiger partial charge in [0.2, 0.25) is 5.91 Å². The Morgan fingerprint density at radius 1 is 1.24 bits per heavy atom. The molecule has 0 spiro atoms. The van der Waals surface area contributed by atoms with E-state index >= 15 is 0 Å². The maximum atomic E-state index is 12.8. The number of rotatable bonds is 9. The SMILES string of the molecule is COc1ccc(CN2C(=O)[C@@H]3[C@H]2C(=CC(=O)COC(C)(C)C(C)[SiH3])CN3C(=O)O)cc1OC. The summed E-state index contributed by atoms with van der Waals surface area (Å²) in [4.78, 5) is 39.9. The molecular formula is C23H32N2O7Si. The van der Waals surface area contributed by atoms with Gasteiger partial charge in [0, 0.05) is 23.3 Å². The van der Waals surface area contributed by atoms with Crippen molar-refractivity contribution < 1.29 is 33.7 Å². The summed E-state index contributed by atoms with van der Waals surface area (Å²) >= 11 is 0. The van der Waals surface area contributed by atoms with Crippen LogP contribution < -0.4 is 9.47 Å². The van der Waals surface area contributed by atoms with Crippen LogP contribution in [0.1, 0.15) is 26.3 Å². The van der Waals surface area contributed by atoms with Gasteiger partial charge >= 0.3 is 6.09 Å². The zero-order chi connectivity index (χ0) is 24.5. The Morgan fingerprint density at radius 3 is 2.48 bits per heavy atom. The number of β-lactam (4-membered cyclic amide) rings is 1. The fourth-order valence-electron chi connectivity index (χ4n) is 3.97. The first kappa shape index (κ1) is 24.8. The molecule has 2 saturated heterocycles. The van der Waals surface area contributed by atoms with Gasteiger partial charge < -0.3 is 24.2 Å². The highest BCUT2D eigenvalue weighted by molar-refractivity contribution is 6.12. The van der Waals surface area contributed by atoms with Crippen LogP contribution in [0.2, 0.25) is 5.54 Å². The van der Waals surface area contributed by atoms with Gasteiger partial charge in [-0.05, 0) is 48.7 Å². The van der Waals surface area contributed by atoms with Gasteiger partial charge in [-0.15, -0.1) is 0 Å². The molecule has 0 aromatic heterocycles. The van der Waals surface area contributed by atoms with Crippen molar-refractivity contribution in [3.8, 4) is 11.5 Å². The first-order valence-corrected chi connectivity index (χ1v) is 12.0. The summed E-state index contributed by atoms with van der Waals surface area (Å²) in [5, 5.41) is 9.57. The third-order valence-electron chi connectivity index (χ3n) is 6.61. The van der Waals surface area contributed by atoms with Gasteiger partial charge in [0.05, 0.1) is 25.9 Å². The quantitative estimate of drug-likeness (QED) is 0.325. The number of hydrogen-bond acceptors (Lipinski definition) is 6. The number of likely N-dealkylation sites (tertiary alicyclic amines) is 2. The number of amides is 2. The summed E-state index contributed by atoms with van der Waals surface area (Å²) < 4.78 is 16.4. The molecule has 0 bridgehead atoms.